The van der Waals surface area contributed by atoms with Crippen molar-refractivity contribution < 1.29 is 19.4 Å². The van der Waals surface area contributed by atoms with E-state index in [-0.39, 0.29) is 0 Å². The summed E-state index contributed by atoms with van der Waals surface area (Å²) in [4.78, 5) is 23.1. The molecule has 0 saturated heterocycles. The number of aryl methyl sites for hydroxylation is 1. The second kappa shape index (κ2) is 6.64. The van der Waals surface area contributed by atoms with E-state index in [0.717, 1.165) is 11.3 Å². The maximum atomic E-state index is 11.4. The van der Waals surface area contributed by atoms with Gasteiger partial charge in [-0.05, 0) is 18.6 Å². The van der Waals surface area contributed by atoms with Crippen LogP contribution in [-0.2, 0) is 9.59 Å². The Morgan fingerprint density at radius 2 is 2.00 bits per heavy atom. The Kier molecular flexibility index (Phi) is 5.17. The standard InChI is InChI=1S/C13H17NO4/c1-10-5-3-4-6-11(10)18-8-7-14(2)12(15)9-13(16)17/h3-6H,7-9H2,1-2H3,(H,16,17). The molecule has 1 N–H and O–H groups in total. The second-order valence-electron chi connectivity index (χ2n) is 4.00. The van der Waals surface area contributed by atoms with E-state index < -0.39 is 18.3 Å². The van der Waals surface area contributed by atoms with Gasteiger partial charge in [-0.1, -0.05) is 18.2 Å². The molecule has 0 spiro atoms. The average molecular weight is 251 g/mol. The van der Waals surface area contributed by atoms with E-state index in [0.29, 0.717) is 13.2 Å². The fraction of sp³-hybridized carbons (Fsp3) is 0.385. The van der Waals surface area contributed by atoms with Crippen LogP contribution in [0.2, 0.25) is 0 Å². The number of carboxylic acid groups (broad SMARTS) is 1. The molecule has 0 bridgehead atoms. The van der Waals surface area contributed by atoms with E-state index in [4.69, 9.17) is 9.84 Å². The zero-order chi connectivity index (χ0) is 13.5. The molecule has 1 aromatic rings. The highest BCUT2D eigenvalue weighted by Gasteiger charge is 2.12. The van der Waals surface area contributed by atoms with Crippen molar-refractivity contribution in [1.29, 1.82) is 0 Å². The van der Waals surface area contributed by atoms with Gasteiger partial charge in [0.05, 0.1) is 6.54 Å². The lowest BCUT2D eigenvalue weighted by atomic mass is 10.2. The monoisotopic (exact) mass is 251 g/mol. The molecule has 18 heavy (non-hydrogen) atoms. The summed E-state index contributed by atoms with van der Waals surface area (Å²) >= 11 is 0. The lowest BCUT2D eigenvalue weighted by Crippen LogP contribution is -2.32. The van der Waals surface area contributed by atoms with Crippen LogP contribution in [0.15, 0.2) is 24.3 Å². The molecule has 0 heterocycles. The molecule has 0 radical (unpaired) electrons. The highest BCUT2D eigenvalue weighted by Crippen LogP contribution is 2.15. The summed E-state index contributed by atoms with van der Waals surface area (Å²) < 4.78 is 5.52. The Hall–Kier alpha value is -2.04. The smallest absolute Gasteiger partial charge is 0.312 e. The summed E-state index contributed by atoms with van der Waals surface area (Å²) in [6.07, 6.45) is -0.485. The molecule has 0 unspecified atom stereocenters. The quantitative estimate of drug-likeness (QED) is 0.774. The molecule has 5 nitrogen and oxygen atoms in total. The number of carboxylic acids is 1. The molecule has 5 heteroatoms. The molecular formula is C13H17NO4. The molecule has 98 valence electrons. The number of carbonyl (C=O) groups is 2. The van der Waals surface area contributed by atoms with Crippen LogP contribution < -0.4 is 4.74 Å². The number of hydrogen-bond acceptors (Lipinski definition) is 3. The molecule has 0 aliphatic heterocycles. The second-order valence-corrected chi connectivity index (χ2v) is 4.00. The number of carbonyl (C=O) groups excluding carboxylic acids is 1. The minimum absolute atomic E-state index is 0.340. The first kappa shape index (κ1) is 14.0. The molecule has 0 aliphatic rings. The van der Waals surface area contributed by atoms with Crippen LogP contribution in [0.1, 0.15) is 12.0 Å². The van der Waals surface area contributed by atoms with E-state index >= 15 is 0 Å². The predicted molar refractivity (Wildman–Crippen MR) is 66.6 cm³/mol. The van der Waals surface area contributed by atoms with Crippen molar-refractivity contribution in [3.05, 3.63) is 29.8 Å². The van der Waals surface area contributed by atoms with Gasteiger partial charge in [-0.25, -0.2) is 0 Å². The van der Waals surface area contributed by atoms with E-state index in [1.165, 1.54) is 4.90 Å². The lowest BCUT2D eigenvalue weighted by Gasteiger charge is -2.17. The van der Waals surface area contributed by atoms with Gasteiger partial charge in [0.25, 0.3) is 0 Å². The summed E-state index contributed by atoms with van der Waals surface area (Å²) in [7, 11) is 1.56. The van der Waals surface area contributed by atoms with Crippen LogP contribution in [-0.4, -0.2) is 42.1 Å². The van der Waals surface area contributed by atoms with Crippen molar-refractivity contribution in [3.63, 3.8) is 0 Å². The van der Waals surface area contributed by atoms with Crippen LogP contribution >= 0.6 is 0 Å². The van der Waals surface area contributed by atoms with E-state index in [9.17, 15) is 9.59 Å². The number of nitrogens with zero attached hydrogens (tertiary/aromatic N) is 1. The van der Waals surface area contributed by atoms with Crippen molar-refractivity contribution >= 4 is 11.9 Å². The Bertz CT molecular complexity index is 431. The Morgan fingerprint density at radius 1 is 1.33 bits per heavy atom. The molecule has 0 aromatic heterocycles. The minimum Gasteiger partial charge on any atom is -0.491 e. The molecule has 0 fully saturated rings. The summed E-state index contributed by atoms with van der Waals surface area (Å²) in [6.45, 7) is 2.64. The van der Waals surface area contributed by atoms with Gasteiger partial charge >= 0.3 is 5.97 Å². The van der Waals surface area contributed by atoms with E-state index in [2.05, 4.69) is 0 Å². The van der Waals surface area contributed by atoms with E-state index in [1.807, 2.05) is 31.2 Å². The Labute approximate surface area is 106 Å². The molecule has 0 atom stereocenters. The lowest BCUT2D eigenvalue weighted by molar-refractivity contribution is -0.143. The minimum atomic E-state index is -1.12. The third-order valence-corrected chi connectivity index (χ3v) is 2.51. The first-order valence-electron chi connectivity index (χ1n) is 5.65. The van der Waals surface area contributed by atoms with E-state index in [1.54, 1.807) is 7.05 Å². The topological polar surface area (TPSA) is 66.8 Å². The van der Waals surface area contributed by atoms with Crippen LogP contribution in [0.5, 0.6) is 5.75 Å². The zero-order valence-corrected chi connectivity index (χ0v) is 10.5. The largest absolute Gasteiger partial charge is 0.491 e. The maximum absolute atomic E-state index is 11.4. The van der Waals surface area contributed by atoms with Crippen LogP contribution in [0.3, 0.4) is 0 Å². The summed E-state index contributed by atoms with van der Waals surface area (Å²) in [5.74, 6) is -0.765. The molecule has 0 saturated carbocycles. The van der Waals surface area contributed by atoms with Gasteiger partial charge in [0.1, 0.15) is 18.8 Å². The Balaban J connectivity index is 2.36. The number of para-hydroxylation sites is 1. The number of amides is 1. The van der Waals surface area contributed by atoms with Gasteiger partial charge in [0.2, 0.25) is 5.91 Å². The third kappa shape index (κ3) is 4.45. The zero-order valence-electron chi connectivity index (χ0n) is 10.5. The highest BCUT2D eigenvalue weighted by molar-refractivity contribution is 5.93. The highest BCUT2D eigenvalue weighted by atomic mass is 16.5. The third-order valence-electron chi connectivity index (χ3n) is 2.51. The first-order chi connectivity index (χ1) is 8.50. The summed E-state index contributed by atoms with van der Waals surface area (Å²) in [6, 6.07) is 7.59. The number of likely N-dealkylation sites (N-methyl/N-ethyl adjacent to an activating group) is 1. The van der Waals surface area contributed by atoms with Gasteiger partial charge in [-0.15, -0.1) is 0 Å². The fourth-order valence-corrected chi connectivity index (χ4v) is 1.40. The van der Waals surface area contributed by atoms with Gasteiger partial charge in [-0.3, -0.25) is 9.59 Å². The number of ether oxygens (including phenoxy) is 1. The van der Waals surface area contributed by atoms with Crippen LogP contribution in [0.25, 0.3) is 0 Å². The van der Waals surface area contributed by atoms with Crippen molar-refractivity contribution in [1.82, 2.24) is 4.90 Å². The maximum Gasteiger partial charge on any atom is 0.312 e. The van der Waals surface area contributed by atoms with Gasteiger partial charge in [0, 0.05) is 7.05 Å². The summed E-state index contributed by atoms with van der Waals surface area (Å²) in [5.41, 5.74) is 1.03. The molecular weight excluding hydrogens is 234 g/mol. The number of hydrogen-bond donors (Lipinski definition) is 1. The number of benzene rings is 1. The van der Waals surface area contributed by atoms with Crippen molar-refractivity contribution in [2.75, 3.05) is 20.2 Å². The van der Waals surface area contributed by atoms with Crippen LogP contribution in [0, 0.1) is 6.92 Å². The van der Waals surface area contributed by atoms with Gasteiger partial charge in [-0.2, -0.15) is 0 Å². The SMILES string of the molecule is Cc1ccccc1OCCN(C)C(=O)CC(=O)O. The molecule has 1 rings (SSSR count). The first-order valence-corrected chi connectivity index (χ1v) is 5.65. The molecule has 1 aromatic carbocycles. The van der Waals surface area contributed by atoms with Gasteiger partial charge in [0.15, 0.2) is 0 Å². The van der Waals surface area contributed by atoms with Crippen molar-refractivity contribution in [2.24, 2.45) is 0 Å². The number of rotatable bonds is 6. The number of aliphatic carboxylic acids is 1. The molecule has 0 aliphatic carbocycles. The van der Waals surface area contributed by atoms with Gasteiger partial charge < -0.3 is 14.7 Å². The van der Waals surface area contributed by atoms with Crippen LogP contribution in [0.4, 0.5) is 0 Å². The van der Waals surface area contributed by atoms with Crippen molar-refractivity contribution in [2.45, 2.75) is 13.3 Å². The molecule has 1 amide bonds. The average Bonchev–Trinajstić information content (AvgIpc) is 2.30. The van der Waals surface area contributed by atoms with Crippen molar-refractivity contribution in [3.8, 4) is 5.75 Å². The fourth-order valence-electron chi connectivity index (χ4n) is 1.40. The predicted octanol–water partition coefficient (Wildman–Crippen LogP) is 1.31. The summed E-state index contributed by atoms with van der Waals surface area (Å²) in [5, 5.41) is 8.49. The Morgan fingerprint density at radius 3 is 2.61 bits per heavy atom. The normalized spacial score (nSPS) is 9.89.